The van der Waals surface area contributed by atoms with Gasteiger partial charge in [-0.3, -0.25) is 9.59 Å². The predicted molar refractivity (Wildman–Crippen MR) is 112 cm³/mol. The molecule has 0 spiro atoms. The average Bonchev–Trinajstić information content (AvgIpc) is 2.68. The van der Waals surface area contributed by atoms with Crippen LogP contribution in [0.25, 0.3) is 0 Å². The van der Waals surface area contributed by atoms with Gasteiger partial charge in [-0.2, -0.15) is 0 Å². The summed E-state index contributed by atoms with van der Waals surface area (Å²) in [5.74, 6) is 0.131. The second kappa shape index (κ2) is 10.9. The van der Waals surface area contributed by atoms with Crippen LogP contribution in [0.1, 0.15) is 30.5 Å². The molecule has 0 aliphatic carbocycles. The van der Waals surface area contributed by atoms with Gasteiger partial charge in [-0.1, -0.05) is 48.0 Å². The predicted octanol–water partition coefficient (Wildman–Crippen LogP) is 3.92. The Bertz CT molecular complexity index is 795. The summed E-state index contributed by atoms with van der Waals surface area (Å²) in [4.78, 5) is 26.6. The molecule has 0 aliphatic heterocycles. The number of amides is 2. The number of carbonyl (C=O) groups excluding carboxylic acids is 2. The SMILES string of the molecule is CCNC(=O)C(C)N(Cc1ccccc1F)C(=O)CSCc1ccc(C)cc1. The number of benzene rings is 2. The van der Waals surface area contributed by atoms with Crippen molar-refractivity contribution in [2.24, 2.45) is 0 Å². The first-order valence-electron chi connectivity index (χ1n) is 9.36. The van der Waals surface area contributed by atoms with E-state index in [4.69, 9.17) is 0 Å². The number of carbonyl (C=O) groups is 2. The minimum Gasteiger partial charge on any atom is -0.355 e. The zero-order valence-corrected chi connectivity index (χ0v) is 17.4. The number of rotatable bonds is 9. The number of likely N-dealkylation sites (N-methyl/N-ethyl adjacent to an activating group) is 1. The third-order valence-corrected chi connectivity index (χ3v) is 5.42. The maximum atomic E-state index is 14.1. The van der Waals surface area contributed by atoms with E-state index in [-0.39, 0.29) is 29.9 Å². The van der Waals surface area contributed by atoms with Gasteiger partial charge in [0.2, 0.25) is 11.8 Å². The van der Waals surface area contributed by atoms with Crippen molar-refractivity contribution in [1.82, 2.24) is 10.2 Å². The Balaban J connectivity index is 2.06. The van der Waals surface area contributed by atoms with Crippen molar-refractivity contribution in [3.05, 3.63) is 71.0 Å². The highest BCUT2D eigenvalue weighted by Gasteiger charge is 2.26. The molecule has 150 valence electrons. The molecule has 0 aliphatic rings. The average molecular weight is 403 g/mol. The van der Waals surface area contributed by atoms with E-state index >= 15 is 0 Å². The van der Waals surface area contributed by atoms with E-state index in [0.717, 1.165) is 5.56 Å². The van der Waals surface area contributed by atoms with Gasteiger partial charge in [0, 0.05) is 24.4 Å². The Labute approximate surface area is 170 Å². The van der Waals surface area contributed by atoms with Crippen molar-refractivity contribution in [2.45, 2.75) is 39.1 Å². The van der Waals surface area contributed by atoms with Crippen LogP contribution in [-0.4, -0.2) is 35.1 Å². The molecule has 0 saturated carbocycles. The number of nitrogens with zero attached hydrogens (tertiary/aromatic N) is 1. The second-order valence-electron chi connectivity index (χ2n) is 6.66. The second-order valence-corrected chi connectivity index (χ2v) is 7.65. The highest BCUT2D eigenvalue weighted by molar-refractivity contribution is 7.99. The summed E-state index contributed by atoms with van der Waals surface area (Å²) in [5, 5.41) is 2.73. The normalized spacial score (nSPS) is 11.7. The number of hydrogen-bond acceptors (Lipinski definition) is 3. The first kappa shape index (κ1) is 22.0. The molecule has 6 heteroatoms. The molecular formula is C22H27FN2O2S. The number of hydrogen-bond donors (Lipinski definition) is 1. The van der Waals surface area contributed by atoms with Crippen LogP contribution in [0.4, 0.5) is 4.39 Å². The maximum absolute atomic E-state index is 14.1. The van der Waals surface area contributed by atoms with Gasteiger partial charge in [0.1, 0.15) is 11.9 Å². The van der Waals surface area contributed by atoms with Gasteiger partial charge in [0.25, 0.3) is 0 Å². The van der Waals surface area contributed by atoms with Gasteiger partial charge in [-0.25, -0.2) is 4.39 Å². The number of nitrogens with one attached hydrogen (secondary N) is 1. The van der Waals surface area contributed by atoms with Crippen LogP contribution in [0.2, 0.25) is 0 Å². The van der Waals surface area contributed by atoms with Crippen molar-refractivity contribution < 1.29 is 14.0 Å². The van der Waals surface area contributed by atoms with Crippen molar-refractivity contribution in [2.75, 3.05) is 12.3 Å². The largest absolute Gasteiger partial charge is 0.355 e. The van der Waals surface area contributed by atoms with E-state index in [1.54, 1.807) is 25.1 Å². The molecule has 2 aromatic rings. The molecule has 2 rings (SSSR count). The molecular weight excluding hydrogens is 375 g/mol. The quantitative estimate of drug-likeness (QED) is 0.692. The molecule has 1 N–H and O–H groups in total. The van der Waals surface area contributed by atoms with Gasteiger partial charge in [0.05, 0.1) is 5.75 Å². The monoisotopic (exact) mass is 402 g/mol. The Morgan fingerprint density at radius 1 is 1.14 bits per heavy atom. The summed E-state index contributed by atoms with van der Waals surface area (Å²) in [7, 11) is 0. The van der Waals surface area contributed by atoms with Gasteiger partial charge in [-0.15, -0.1) is 11.8 Å². The van der Waals surface area contributed by atoms with Crippen LogP contribution in [0, 0.1) is 12.7 Å². The third kappa shape index (κ3) is 6.37. The van der Waals surface area contributed by atoms with E-state index in [2.05, 4.69) is 5.32 Å². The summed E-state index contributed by atoms with van der Waals surface area (Å²) in [5.41, 5.74) is 2.73. The van der Waals surface area contributed by atoms with Gasteiger partial charge < -0.3 is 10.2 Å². The number of thioether (sulfide) groups is 1. The minimum absolute atomic E-state index is 0.0644. The van der Waals surface area contributed by atoms with Crippen molar-refractivity contribution in [1.29, 1.82) is 0 Å². The van der Waals surface area contributed by atoms with E-state index in [1.165, 1.54) is 28.3 Å². The van der Waals surface area contributed by atoms with Crippen LogP contribution in [-0.2, 0) is 21.9 Å². The fourth-order valence-corrected chi connectivity index (χ4v) is 3.61. The summed E-state index contributed by atoms with van der Waals surface area (Å²) in [6.07, 6.45) is 0. The van der Waals surface area contributed by atoms with Crippen LogP contribution in [0.15, 0.2) is 48.5 Å². The molecule has 1 unspecified atom stereocenters. The zero-order chi connectivity index (χ0) is 20.5. The lowest BCUT2D eigenvalue weighted by Crippen LogP contribution is -2.48. The molecule has 2 aromatic carbocycles. The molecule has 28 heavy (non-hydrogen) atoms. The fourth-order valence-electron chi connectivity index (χ4n) is 2.74. The first-order valence-corrected chi connectivity index (χ1v) is 10.5. The van der Waals surface area contributed by atoms with Crippen LogP contribution < -0.4 is 5.32 Å². The molecule has 0 aromatic heterocycles. The Kier molecular flexibility index (Phi) is 8.51. The van der Waals surface area contributed by atoms with Gasteiger partial charge in [0.15, 0.2) is 0 Å². The molecule has 2 amide bonds. The molecule has 0 radical (unpaired) electrons. The molecule has 0 fully saturated rings. The maximum Gasteiger partial charge on any atom is 0.242 e. The van der Waals surface area contributed by atoms with Crippen LogP contribution in [0.3, 0.4) is 0 Å². The third-order valence-electron chi connectivity index (χ3n) is 4.43. The van der Waals surface area contributed by atoms with Crippen LogP contribution >= 0.6 is 11.8 Å². The highest BCUT2D eigenvalue weighted by atomic mass is 32.2. The lowest BCUT2D eigenvalue weighted by atomic mass is 10.1. The molecule has 0 saturated heterocycles. The summed E-state index contributed by atoms with van der Waals surface area (Å²) in [6.45, 7) is 6.07. The minimum atomic E-state index is -0.674. The standard InChI is InChI=1S/C22H27FN2O2S/c1-4-24-22(27)17(3)25(13-19-7-5-6-8-20(19)23)21(26)15-28-14-18-11-9-16(2)10-12-18/h5-12,17H,4,13-15H2,1-3H3,(H,24,27). The highest BCUT2D eigenvalue weighted by Crippen LogP contribution is 2.17. The summed E-state index contributed by atoms with van der Waals surface area (Å²) < 4.78 is 14.1. The fraction of sp³-hybridized carbons (Fsp3) is 0.364. The zero-order valence-electron chi connectivity index (χ0n) is 16.6. The molecule has 1 atom stereocenters. The molecule has 0 heterocycles. The van der Waals surface area contributed by atoms with Crippen molar-refractivity contribution >= 4 is 23.6 Å². The Hall–Kier alpha value is -2.34. The molecule has 4 nitrogen and oxygen atoms in total. The number of halogens is 1. The lowest BCUT2D eigenvalue weighted by molar-refractivity contribution is -0.138. The Morgan fingerprint density at radius 3 is 2.46 bits per heavy atom. The van der Waals surface area contributed by atoms with E-state index in [1.807, 2.05) is 38.1 Å². The van der Waals surface area contributed by atoms with E-state index in [9.17, 15) is 14.0 Å². The summed E-state index contributed by atoms with van der Waals surface area (Å²) in [6, 6.07) is 13.8. The first-order chi connectivity index (χ1) is 13.4. The van der Waals surface area contributed by atoms with E-state index in [0.29, 0.717) is 17.9 Å². The van der Waals surface area contributed by atoms with E-state index < -0.39 is 6.04 Å². The van der Waals surface area contributed by atoms with Crippen molar-refractivity contribution in [3.63, 3.8) is 0 Å². The molecule has 0 bridgehead atoms. The summed E-state index contributed by atoms with van der Waals surface area (Å²) >= 11 is 1.49. The van der Waals surface area contributed by atoms with Crippen LogP contribution in [0.5, 0.6) is 0 Å². The lowest BCUT2D eigenvalue weighted by Gasteiger charge is -2.28. The van der Waals surface area contributed by atoms with Crippen molar-refractivity contribution in [3.8, 4) is 0 Å². The topological polar surface area (TPSA) is 49.4 Å². The smallest absolute Gasteiger partial charge is 0.242 e. The number of aryl methyl sites for hydroxylation is 1. The van der Waals surface area contributed by atoms with Gasteiger partial charge in [-0.05, 0) is 32.4 Å². The Morgan fingerprint density at radius 2 is 1.82 bits per heavy atom. The van der Waals surface area contributed by atoms with Gasteiger partial charge >= 0.3 is 0 Å².